The number of para-hydroxylation sites is 1. The molecule has 1 aliphatic rings. The van der Waals surface area contributed by atoms with Crippen molar-refractivity contribution >= 4 is 17.3 Å². The molecule has 106 valence electrons. The van der Waals surface area contributed by atoms with Gasteiger partial charge in [-0.15, -0.1) is 0 Å². The third-order valence-corrected chi connectivity index (χ3v) is 3.73. The van der Waals surface area contributed by atoms with Crippen molar-refractivity contribution in [1.82, 2.24) is 5.32 Å². The summed E-state index contributed by atoms with van der Waals surface area (Å²) in [6.45, 7) is 4.83. The first-order chi connectivity index (χ1) is 9.27. The van der Waals surface area contributed by atoms with Gasteiger partial charge in [0, 0.05) is 19.1 Å². The van der Waals surface area contributed by atoms with Crippen molar-refractivity contribution in [3.05, 3.63) is 28.8 Å². The summed E-state index contributed by atoms with van der Waals surface area (Å²) in [7, 11) is 0. The smallest absolute Gasteiger partial charge is 0.0643 e. The summed E-state index contributed by atoms with van der Waals surface area (Å²) in [4.78, 5) is 2.27. The third-order valence-electron chi connectivity index (χ3n) is 3.43. The van der Waals surface area contributed by atoms with Gasteiger partial charge in [-0.25, -0.2) is 0 Å². The van der Waals surface area contributed by atoms with Crippen LogP contribution in [0.2, 0.25) is 5.02 Å². The van der Waals surface area contributed by atoms with Crippen molar-refractivity contribution in [2.75, 3.05) is 24.6 Å². The summed E-state index contributed by atoms with van der Waals surface area (Å²) in [5, 5.41) is 13.5. The van der Waals surface area contributed by atoms with Gasteiger partial charge >= 0.3 is 0 Å². The van der Waals surface area contributed by atoms with E-state index < -0.39 is 0 Å². The molecule has 0 unspecified atom stereocenters. The van der Waals surface area contributed by atoms with Gasteiger partial charge in [0.15, 0.2) is 0 Å². The molecule has 2 rings (SSSR count). The second kappa shape index (κ2) is 7.13. The molecule has 3 nitrogen and oxygen atoms in total. The summed E-state index contributed by atoms with van der Waals surface area (Å²) in [6.07, 6.45) is 3.53. The molecule has 0 spiro atoms. The summed E-state index contributed by atoms with van der Waals surface area (Å²) < 4.78 is 0. The highest BCUT2D eigenvalue weighted by molar-refractivity contribution is 6.33. The number of aliphatic hydroxyl groups is 1. The molecule has 1 aromatic rings. The SMILES string of the molecule is CCCNCc1cccc(Cl)c1N(CCO)C1CC1. The van der Waals surface area contributed by atoms with Crippen LogP contribution in [-0.2, 0) is 6.54 Å². The maximum Gasteiger partial charge on any atom is 0.0643 e. The Balaban J connectivity index is 2.19. The van der Waals surface area contributed by atoms with Crippen molar-refractivity contribution in [2.24, 2.45) is 0 Å². The van der Waals surface area contributed by atoms with Crippen LogP contribution in [0.1, 0.15) is 31.7 Å². The standard InChI is InChI=1S/C15H23ClN2O/c1-2-8-17-11-12-4-3-5-14(16)15(12)18(9-10-19)13-6-7-13/h3-5,13,17,19H,2,6-11H2,1H3. The van der Waals surface area contributed by atoms with E-state index in [1.54, 1.807) is 0 Å². The summed E-state index contributed by atoms with van der Waals surface area (Å²) >= 11 is 6.39. The molecule has 0 aromatic heterocycles. The van der Waals surface area contributed by atoms with E-state index in [1.807, 2.05) is 12.1 Å². The largest absolute Gasteiger partial charge is 0.395 e. The summed E-state index contributed by atoms with van der Waals surface area (Å²) in [5.41, 5.74) is 2.32. The average molecular weight is 283 g/mol. The van der Waals surface area contributed by atoms with Crippen LogP contribution in [0.15, 0.2) is 18.2 Å². The highest BCUT2D eigenvalue weighted by atomic mass is 35.5. The Bertz CT molecular complexity index is 407. The molecule has 0 saturated heterocycles. The van der Waals surface area contributed by atoms with E-state index in [0.717, 1.165) is 30.2 Å². The van der Waals surface area contributed by atoms with Gasteiger partial charge in [-0.2, -0.15) is 0 Å². The molecule has 1 fully saturated rings. The number of halogens is 1. The van der Waals surface area contributed by atoms with Crippen molar-refractivity contribution in [1.29, 1.82) is 0 Å². The first-order valence-electron chi connectivity index (χ1n) is 7.13. The fourth-order valence-electron chi connectivity index (χ4n) is 2.40. The van der Waals surface area contributed by atoms with E-state index in [4.69, 9.17) is 11.6 Å². The molecule has 0 radical (unpaired) electrons. The van der Waals surface area contributed by atoms with Crippen LogP contribution >= 0.6 is 11.6 Å². The number of nitrogens with zero attached hydrogens (tertiary/aromatic N) is 1. The number of hydrogen-bond donors (Lipinski definition) is 2. The minimum absolute atomic E-state index is 0.170. The quantitative estimate of drug-likeness (QED) is 0.720. The average Bonchev–Trinajstić information content (AvgIpc) is 3.22. The van der Waals surface area contributed by atoms with Crippen molar-refractivity contribution < 1.29 is 5.11 Å². The lowest BCUT2D eigenvalue weighted by Crippen LogP contribution is -2.31. The van der Waals surface area contributed by atoms with Gasteiger partial charge in [0.2, 0.25) is 0 Å². The van der Waals surface area contributed by atoms with Crippen LogP contribution < -0.4 is 10.2 Å². The second-order valence-electron chi connectivity index (χ2n) is 5.07. The van der Waals surface area contributed by atoms with E-state index in [0.29, 0.717) is 12.6 Å². The molecule has 2 N–H and O–H groups in total. The topological polar surface area (TPSA) is 35.5 Å². The molecular weight excluding hydrogens is 260 g/mol. The maximum absolute atomic E-state index is 9.27. The molecule has 4 heteroatoms. The van der Waals surface area contributed by atoms with Crippen molar-refractivity contribution in [3.63, 3.8) is 0 Å². The van der Waals surface area contributed by atoms with Crippen LogP contribution in [0.3, 0.4) is 0 Å². The number of hydrogen-bond acceptors (Lipinski definition) is 3. The lowest BCUT2D eigenvalue weighted by Gasteiger charge is -2.27. The van der Waals surface area contributed by atoms with Crippen LogP contribution in [0, 0.1) is 0 Å². The monoisotopic (exact) mass is 282 g/mol. The van der Waals surface area contributed by atoms with Crippen molar-refractivity contribution in [3.8, 4) is 0 Å². The van der Waals surface area contributed by atoms with Crippen molar-refractivity contribution in [2.45, 2.75) is 38.8 Å². The fourth-order valence-corrected chi connectivity index (χ4v) is 2.70. The van der Waals surface area contributed by atoms with E-state index in [1.165, 1.54) is 18.4 Å². The molecule has 0 heterocycles. The van der Waals surface area contributed by atoms with E-state index >= 15 is 0 Å². The predicted molar refractivity (Wildman–Crippen MR) is 80.9 cm³/mol. The van der Waals surface area contributed by atoms with E-state index in [9.17, 15) is 5.11 Å². The highest BCUT2D eigenvalue weighted by Gasteiger charge is 2.31. The Labute approximate surface area is 120 Å². The predicted octanol–water partition coefficient (Wildman–Crippen LogP) is 2.80. The van der Waals surface area contributed by atoms with Gasteiger partial charge in [-0.3, -0.25) is 0 Å². The van der Waals surface area contributed by atoms with Gasteiger partial charge in [0.05, 0.1) is 17.3 Å². The van der Waals surface area contributed by atoms with Gasteiger partial charge in [0.1, 0.15) is 0 Å². The number of benzene rings is 1. The number of anilines is 1. The van der Waals surface area contributed by atoms with Gasteiger partial charge in [0.25, 0.3) is 0 Å². The van der Waals surface area contributed by atoms with Gasteiger partial charge < -0.3 is 15.3 Å². The minimum Gasteiger partial charge on any atom is -0.395 e. The first kappa shape index (κ1) is 14.6. The van der Waals surface area contributed by atoms with Crippen LogP contribution in [0.4, 0.5) is 5.69 Å². The molecule has 0 atom stereocenters. The number of rotatable bonds is 8. The Morgan fingerprint density at radius 2 is 2.21 bits per heavy atom. The normalized spacial score (nSPS) is 14.7. The number of nitrogens with one attached hydrogen (secondary N) is 1. The van der Waals surface area contributed by atoms with Crippen LogP contribution in [0.5, 0.6) is 0 Å². The van der Waals surface area contributed by atoms with E-state index in [-0.39, 0.29) is 6.61 Å². The molecule has 0 bridgehead atoms. The zero-order chi connectivity index (χ0) is 13.7. The van der Waals surface area contributed by atoms with E-state index in [2.05, 4.69) is 23.2 Å². The summed E-state index contributed by atoms with van der Waals surface area (Å²) in [6, 6.07) is 6.61. The minimum atomic E-state index is 0.170. The second-order valence-corrected chi connectivity index (χ2v) is 5.48. The van der Waals surface area contributed by atoms with Gasteiger partial charge in [-0.05, 0) is 37.4 Å². The third kappa shape index (κ3) is 3.85. The highest BCUT2D eigenvalue weighted by Crippen LogP contribution is 2.37. The van der Waals surface area contributed by atoms with Gasteiger partial charge in [-0.1, -0.05) is 30.7 Å². The molecule has 1 aliphatic carbocycles. The molecule has 0 aliphatic heterocycles. The Hall–Kier alpha value is -0.770. The zero-order valence-corrected chi connectivity index (χ0v) is 12.3. The number of aliphatic hydroxyl groups excluding tert-OH is 1. The van der Waals surface area contributed by atoms with Crippen LogP contribution in [0.25, 0.3) is 0 Å². The fraction of sp³-hybridized carbons (Fsp3) is 0.600. The molecule has 1 aromatic carbocycles. The Morgan fingerprint density at radius 1 is 1.42 bits per heavy atom. The molecule has 0 amide bonds. The molecule has 1 saturated carbocycles. The maximum atomic E-state index is 9.27. The molecule has 19 heavy (non-hydrogen) atoms. The zero-order valence-electron chi connectivity index (χ0n) is 11.5. The summed E-state index contributed by atoms with van der Waals surface area (Å²) in [5.74, 6) is 0. The lowest BCUT2D eigenvalue weighted by atomic mass is 10.1. The molecular formula is C15H23ClN2O. The lowest BCUT2D eigenvalue weighted by molar-refractivity contribution is 0.301. The first-order valence-corrected chi connectivity index (χ1v) is 7.51. The Kier molecular flexibility index (Phi) is 5.49. The van der Waals surface area contributed by atoms with Crippen LogP contribution in [-0.4, -0.2) is 30.8 Å². The Morgan fingerprint density at radius 3 is 2.84 bits per heavy atom.